The van der Waals surface area contributed by atoms with E-state index in [1.807, 2.05) is 34.0 Å². The van der Waals surface area contributed by atoms with Crippen LogP contribution in [0.15, 0.2) is 17.2 Å². The van der Waals surface area contributed by atoms with Crippen LogP contribution in [0.25, 0.3) is 0 Å². The van der Waals surface area contributed by atoms with E-state index in [2.05, 4.69) is 4.90 Å². The van der Waals surface area contributed by atoms with Crippen molar-refractivity contribution in [3.05, 3.63) is 28.7 Å². The van der Waals surface area contributed by atoms with Gasteiger partial charge in [-0.15, -0.1) is 11.8 Å². The lowest BCUT2D eigenvalue weighted by molar-refractivity contribution is -0.613. The van der Waals surface area contributed by atoms with Crippen LogP contribution in [-0.2, 0) is 4.74 Å². The molecule has 0 amide bonds. The van der Waals surface area contributed by atoms with Crippen molar-refractivity contribution in [2.75, 3.05) is 39.6 Å². The summed E-state index contributed by atoms with van der Waals surface area (Å²) in [6, 6.07) is 1.87. The summed E-state index contributed by atoms with van der Waals surface area (Å²) in [4.78, 5) is 3.26. The number of rotatable bonds is 7. The van der Waals surface area contributed by atoms with Crippen molar-refractivity contribution in [2.24, 2.45) is 0 Å². The van der Waals surface area contributed by atoms with Crippen LogP contribution in [0, 0.1) is 19.1 Å². The Hall–Kier alpha value is -0.780. The minimum absolute atomic E-state index is 0.739. The van der Waals surface area contributed by atoms with Crippen molar-refractivity contribution in [2.45, 2.75) is 18.7 Å². The number of hydrogen-bond acceptors (Lipinski definition) is 4. The second kappa shape index (κ2) is 7.61. The maximum absolute atomic E-state index is 11.3. The van der Waals surface area contributed by atoms with E-state index in [1.54, 1.807) is 18.0 Å². The van der Waals surface area contributed by atoms with Gasteiger partial charge in [0.2, 0.25) is 0 Å². The van der Waals surface area contributed by atoms with Crippen LogP contribution in [0.3, 0.4) is 0 Å². The summed E-state index contributed by atoms with van der Waals surface area (Å²) < 4.78 is 6.44. The molecule has 102 valence electrons. The third kappa shape index (κ3) is 4.84. The van der Waals surface area contributed by atoms with Gasteiger partial charge in [-0.05, 0) is 21.0 Å². The maximum Gasteiger partial charge on any atom is 0.193 e. The first-order valence-electron chi connectivity index (χ1n) is 6.07. The molecule has 0 unspecified atom stereocenters. The molecule has 1 rings (SSSR count). The Kier molecular flexibility index (Phi) is 6.46. The fourth-order valence-electron chi connectivity index (χ4n) is 1.43. The van der Waals surface area contributed by atoms with E-state index >= 15 is 0 Å². The van der Waals surface area contributed by atoms with Crippen LogP contribution in [0.5, 0.6) is 0 Å². The summed E-state index contributed by atoms with van der Waals surface area (Å²) in [5.41, 5.74) is 1.83. The Morgan fingerprint density at radius 3 is 2.72 bits per heavy atom. The molecule has 0 bridgehead atoms. The summed E-state index contributed by atoms with van der Waals surface area (Å²) in [6.45, 7) is 6.29. The van der Waals surface area contributed by atoms with Crippen LogP contribution >= 0.6 is 11.8 Å². The lowest BCUT2D eigenvalue weighted by Gasteiger charge is -2.10. The highest BCUT2D eigenvalue weighted by Crippen LogP contribution is 2.22. The zero-order chi connectivity index (χ0) is 13.5. The Labute approximate surface area is 114 Å². The van der Waals surface area contributed by atoms with Crippen LogP contribution < -0.4 is 4.73 Å². The van der Waals surface area contributed by atoms with Gasteiger partial charge in [0.15, 0.2) is 11.9 Å². The fourth-order valence-corrected chi connectivity index (χ4v) is 2.37. The molecule has 0 radical (unpaired) electrons. The van der Waals surface area contributed by atoms with Crippen LogP contribution in [0.4, 0.5) is 0 Å². The molecule has 4 nitrogen and oxygen atoms in total. The van der Waals surface area contributed by atoms with Gasteiger partial charge >= 0.3 is 0 Å². The predicted octanol–water partition coefficient (Wildman–Crippen LogP) is 1.61. The van der Waals surface area contributed by atoms with E-state index in [4.69, 9.17) is 4.74 Å². The van der Waals surface area contributed by atoms with Gasteiger partial charge in [-0.1, -0.05) is 0 Å². The van der Waals surface area contributed by atoms with Gasteiger partial charge in [0, 0.05) is 35.7 Å². The lowest BCUT2D eigenvalue weighted by Crippen LogP contribution is -2.30. The van der Waals surface area contributed by atoms with Crippen molar-refractivity contribution < 1.29 is 9.47 Å². The van der Waals surface area contributed by atoms with Crippen molar-refractivity contribution >= 4 is 11.8 Å². The molecule has 1 aromatic heterocycles. The first kappa shape index (κ1) is 15.3. The van der Waals surface area contributed by atoms with Crippen molar-refractivity contribution in [3.8, 4) is 0 Å². The average Bonchev–Trinajstić information content (AvgIpc) is 2.33. The molecular weight excluding hydrogens is 248 g/mol. The highest BCUT2D eigenvalue weighted by molar-refractivity contribution is 7.99. The Morgan fingerprint density at radius 1 is 1.33 bits per heavy atom. The van der Waals surface area contributed by atoms with Gasteiger partial charge in [-0.2, -0.15) is 4.73 Å². The van der Waals surface area contributed by atoms with Crippen molar-refractivity contribution in [3.63, 3.8) is 0 Å². The van der Waals surface area contributed by atoms with E-state index in [0.717, 1.165) is 46.4 Å². The predicted molar refractivity (Wildman–Crippen MR) is 75.0 cm³/mol. The van der Waals surface area contributed by atoms with Crippen molar-refractivity contribution in [1.82, 2.24) is 4.90 Å². The van der Waals surface area contributed by atoms with Crippen LogP contribution in [0.2, 0.25) is 0 Å². The van der Waals surface area contributed by atoms with Gasteiger partial charge in [0.1, 0.15) is 0 Å². The summed E-state index contributed by atoms with van der Waals surface area (Å²) in [5.74, 6) is 0.913. The monoisotopic (exact) mass is 270 g/mol. The quantitative estimate of drug-likeness (QED) is 0.327. The normalized spacial score (nSPS) is 11.2. The first-order valence-corrected chi connectivity index (χ1v) is 7.05. The Bertz CT molecular complexity index is 383. The average molecular weight is 270 g/mol. The summed E-state index contributed by atoms with van der Waals surface area (Å²) in [7, 11) is 4.07. The number of nitrogens with zero attached hydrogens (tertiary/aromatic N) is 2. The minimum atomic E-state index is 0.739. The van der Waals surface area contributed by atoms with Crippen molar-refractivity contribution in [1.29, 1.82) is 0 Å². The molecule has 1 heterocycles. The molecule has 1 aromatic rings. The molecule has 0 saturated heterocycles. The highest BCUT2D eigenvalue weighted by Gasteiger charge is 2.08. The lowest BCUT2D eigenvalue weighted by atomic mass is 10.2. The van der Waals surface area contributed by atoms with Crippen LogP contribution in [0.1, 0.15) is 11.3 Å². The second-order valence-electron chi connectivity index (χ2n) is 4.48. The molecule has 18 heavy (non-hydrogen) atoms. The summed E-state index contributed by atoms with van der Waals surface area (Å²) >= 11 is 1.74. The molecular formula is C13H22N2O2S. The largest absolute Gasteiger partial charge is 0.619 e. The molecule has 0 aliphatic rings. The number of aromatic nitrogens is 1. The van der Waals surface area contributed by atoms with Gasteiger partial charge in [0.25, 0.3) is 0 Å². The van der Waals surface area contributed by atoms with Gasteiger partial charge in [-0.25, -0.2) is 0 Å². The SMILES string of the molecule is Cc1c(SCCOCCN(C)C)cc[n+]([O-])c1C. The molecule has 0 aromatic carbocycles. The molecule has 0 atom stereocenters. The number of likely N-dealkylation sites (N-methyl/N-ethyl adjacent to an activating group) is 1. The second-order valence-corrected chi connectivity index (χ2v) is 5.62. The molecule has 0 fully saturated rings. The van der Waals surface area contributed by atoms with E-state index in [0.29, 0.717) is 0 Å². The van der Waals surface area contributed by atoms with Gasteiger partial charge in [0.05, 0.1) is 13.2 Å². The number of thioether (sulfide) groups is 1. The molecule has 0 N–H and O–H groups in total. The third-order valence-corrected chi connectivity index (χ3v) is 3.90. The first-order chi connectivity index (χ1) is 8.52. The topological polar surface area (TPSA) is 39.4 Å². The van der Waals surface area contributed by atoms with Gasteiger partial charge in [-0.3, -0.25) is 0 Å². The molecule has 5 heteroatoms. The highest BCUT2D eigenvalue weighted by atomic mass is 32.2. The van der Waals surface area contributed by atoms with E-state index in [9.17, 15) is 5.21 Å². The molecule has 0 aliphatic heterocycles. The third-order valence-electron chi connectivity index (χ3n) is 2.77. The Balaban J connectivity index is 2.30. The van der Waals surface area contributed by atoms with E-state index in [1.165, 1.54) is 0 Å². The molecule has 0 saturated carbocycles. The van der Waals surface area contributed by atoms with E-state index in [-0.39, 0.29) is 0 Å². The van der Waals surface area contributed by atoms with Gasteiger partial charge < -0.3 is 14.8 Å². The summed E-state index contributed by atoms with van der Waals surface area (Å²) in [5, 5.41) is 11.3. The molecule has 0 spiro atoms. The van der Waals surface area contributed by atoms with Crippen LogP contribution in [-0.4, -0.2) is 44.5 Å². The zero-order valence-electron chi connectivity index (χ0n) is 11.6. The Morgan fingerprint density at radius 2 is 2.06 bits per heavy atom. The smallest absolute Gasteiger partial charge is 0.193 e. The number of pyridine rings is 1. The fraction of sp³-hybridized carbons (Fsp3) is 0.615. The van der Waals surface area contributed by atoms with E-state index < -0.39 is 0 Å². The standard InChI is InChI=1S/C13H22N2O2S/c1-11-12(2)15(16)6-5-13(11)18-10-9-17-8-7-14(3)4/h5-6H,7-10H2,1-4H3. The number of ether oxygens (including phenoxy) is 1. The zero-order valence-corrected chi connectivity index (χ0v) is 12.4. The minimum Gasteiger partial charge on any atom is -0.619 e. The molecule has 0 aliphatic carbocycles. The maximum atomic E-state index is 11.3. The number of hydrogen-bond donors (Lipinski definition) is 0. The summed E-state index contributed by atoms with van der Waals surface area (Å²) in [6.07, 6.45) is 1.57.